The number of hydrogen-bond donors (Lipinski definition) is 1. The van der Waals surface area contributed by atoms with Crippen LogP contribution in [0.1, 0.15) is 66.4 Å². The van der Waals surface area contributed by atoms with Gasteiger partial charge < -0.3 is 10.1 Å². The number of esters is 1. The van der Waals surface area contributed by atoms with Gasteiger partial charge in [0, 0.05) is 11.3 Å². The van der Waals surface area contributed by atoms with Crippen molar-refractivity contribution >= 4 is 28.2 Å². The van der Waals surface area contributed by atoms with E-state index in [1.165, 1.54) is 17.6 Å². The summed E-state index contributed by atoms with van der Waals surface area (Å²) in [4.78, 5) is 26.2. The van der Waals surface area contributed by atoms with Gasteiger partial charge in [0.2, 0.25) is 5.91 Å². The molecule has 1 aliphatic carbocycles. The Labute approximate surface area is 177 Å². The fourth-order valence-corrected chi connectivity index (χ4v) is 5.35. The lowest BCUT2D eigenvalue weighted by molar-refractivity contribution is -0.116. The van der Waals surface area contributed by atoms with Crippen molar-refractivity contribution in [3.8, 4) is 0 Å². The fourth-order valence-electron chi connectivity index (χ4n) is 4.02. The van der Waals surface area contributed by atoms with Gasteiger partial charge in [-0.2, -0.15) is 0 Å². The lowest BCUT2D eigenvalue weighted by Crippen LogP contribution is -2.26. The molecule has 4 nitrogen and oxygen atoms in total. The summed E-state index contributed by atoms with van der Waals surface area (Å²) in [7, 11) is 1.40. The van der Waals surface area contributed by atoms with Crippen LogP contribution in [0.4, 0.5) is 5.00 Å². The van der Waals surface area contributed by atoms with Gasteiger partial charge in [-0.1, -0.05) is 51.1 Å². The number of rotatable bonds is 6. The van der Waals surface area contributed by atoms with Crippen molar-refractivity contribution in [2.24, 2.45) is 11.3 Å². The molecule has 0 bridgehead atoms. The van der Waals surface area contributed by atoms with Crippen molar-refractivity contribution in [2.45, 2.75) is 59.3 Å². The second-order valence-corrected chi connectivity index (χ2v) is 10.00. The molecule has 0 spiro atoms. The highest BCUT2D eigenvalue weighted by Crippen LogP contribution is 2.44. The van der Waals surface area contributed by atoms with Crippen LogP contribution >= 0.6 is 11.3 Å². The summed E-state index contributed by atoms with van der Waals surface area (Å²) in [6.45, 7) is 6.81. The first-order valence-electron chi connectivity index (χ1n) is 10.4. The quantitative estimate of drug-likeness (QED) is 0.623. The molecule has 1 atom stereocenters. The minimum atomic E-state index is -0.351. The summed E-state index contributed by atoms with van der Waals surface area (Å²) in [6.07, 6.45) is 4.96. The number of benzene rings is 1. The number of fused-ring (bicyclic) bond motifs is 1. The minimum absolute atomic E-state index is 0.0444. The van der Waals surface area contributed by atoms with Crippen LogP contribution in [0.25, 0.3) is 0 Å². The van der Waals surface area contributed by atoms with E-state index in [4.69, 9.17) is 4.74 Å². The summed E-state index contributed by atoms with van der Waals surface area (Å²) in [5.74, 6) is 0.182. The zero-order chi connectivity index (χ0) is 21.0. The Morgan fingerprint density at radius 1 is 1.21 bits per heavy atom. The summed E-state index contributed by atoms with van der Waals surface area (Å²) < 4.78 is 5.03. The third-order valence-electron chi connectivity index (χ3n) is 5.84. The van der Waals surface area contributed by atoms with Gasteiger partial charge in [0.1, 0.15) is 5.00 Å². The van der Waals surface area contributed by atoms with Crippen LogP contribution in [0.15, 0.2) is 30.3 Å². The average molecular weight is 414 g/mol. The highest BCUT2D eigenvalue weighted by atomic mass is 32.1. The van der Waals surface area contributed by atoms with E-state index in [-0.39, 0.29) is 17.3 Å². The van der Waals surface area contributed by atoms with Crippen LogP contribution in [-0.4, -0.2) is 19.0 Å². The third kappa shape index (κ3) is 5.27. The number of hydrogen-bond acceptors (Lipinski definition) is 4. The maximum atomic E-state index is 12.5. The minimum Gasteiger partial charge on any atom is -0.465 e. The topological polar surface area (TPSA) is 55.4 Å². The van der Waals surface area contributed by atoms with Crippen LogP contribution in [0.2, 0.25) is 0 Å². The molecule has 1 unspecified atom stereocenters. The molecule has 1 amide bonds. The Morgan fingerprint density at radius 3 is 2.59 bits per heavy atom. The van der Waals surface area contributed by atoms with Gasteiger partial charge >= 0.3 is 5.97 Å². The number of amides is 1. The van der Waals surface area contributed by atoms with E-state index in [1.807, 2.05) is 18.2 Å². The van der Waals surface area contributed by atoms with Gasteiger partial charge in [-0.25, -0.2) is 4.79 Å². The van der Waals surface area contributed by atoms with E-state index in [0.717, 1.165) is 37.7 Å². The molecule has 0 radical (unpaired) electrons. The van der Waals surface area contributed by atoms with Crippen LogP contribution < -0.4 is 5.32 Å². The first kappa shape index (κ1) is 21.6. The Balaban J connectivity index is 1.70. The molecule has 156 valence electrons. The average Bonchev–Trinajstić information content (AvgIpc) is 3.04. The normalized spacial score (nSPS) is 16.2. The first-order chi connectivity index (χ1) is 13.8. The number of nitrogens with one attached hydrogen (secondary N) is 1. The monoisotopic (exact) mass is 413 g/mol. The number of aryl methyl sites for hydroxylation is 1. The van der Waals surface area contributed by atoms with Gasteiger partial charge in [0.15, 0.2) is 0 Å². The second-order valence-electron chi connectivity index (χ2n) is 8.89. The SMILES string of the molecule is COC(=O)c1c(NC(=O)CCCc2ccccc2)sc2c1CCC(C(C)(C)C)C2. The molecular formula is C24H31NO3S. The maximum absolute atomic E-state index is 12.5. The molecule has 1 heterocycles. The van der Waals surface area contributed by atoms with E-state index in [9.17, 15) is 9.59 Å². The molecule has 2 aromatic rings. The zero-order valence-electron chi connectivity index (χ0n) is 17.8. The Kier molecular flexibility index (Phi) is 6.78. The van der Waals surface area contributed by atoms with Crippen LogP contribution in [-0.2, 0) is 28.8 Å². The van der Waals surface area contributed by atoms with E-state index >= 15 is 0 Å². The molecule has 0 aliphatic heterocycles. The van der Waals surface area contributed by atoms with E-state index in [1.54, 1.807) is 11.3 Å². The molecule has 1 N–H and O–H groups in total. The van der Waals surface area contributed by atoms with Gasteiger partial charge in [0.25, 0.3) is 0 Å². The maximum Gasteiger partial charge on any atom is 0.341 e. The molecule has 29 heavy (non-hydrogen) atoms. The molecule has 1 aromatic carbocycles. The lowest BCUT2D eigenvalue weighted by Gasteiger charge is -2.33. The summed E-state index contributed by atoms with van der Waals surface area (Å²) in [6, 6.07) is 10.2. The van der Waals surface area contributed by atoms with Crippen molar-refractivity contribution in [1.82, 2.24) is 0 Å². The van der Waals surface area contributed by atoms with Crippen molar-refractivity contribution in [3.05, 3.63) is 51.9 Å². The Bertz CT molecular complexity index is 864. The van der Waals surface area contributed by atoms with E-state index in [2.05, 4.69) is 38.2 Å². The molecule has 0 saturated heterocycles. The standard InChI is InChI=1S/C24H31NO3S/c1-24(2,3)17-13-14-18-19(15-17)29-22(21(18)23(27)28-4)25-20(26)12-8-11-16-9-6-5-7-10-16/h5-7,9-10,17H,8,11-15H2,1-4H3,(H,25,26). The third-order valence-corrected chi connectivity index (χ3v) is 7.01. The first-order valence-corrected chi connectivity index (χ1v) is 11.2. The number of methoxy groups -OCH3 is 1. The van der Waals surface area contributed by atoms with Crippen LogP contribution in [0.3, 0.4) is 0 Å². The van der Waals surface area contributed by atoms with Gasteiger partial charge in [-0.15, -0.1) is 11.3 Å². The molecule has 3 rings (SSSR count). The van der Waals surface area contributed by atoms with Gasteiger partial charge in [-0.3, -0.25) is 4.79 Å². The Morgan fingerprint density at radius 2 is 1.93 bits per heavy atom. The van der Waals surface area contributed by atoms with E-state index < -0.39 is 0 Å². The van der Waals surface area contributed by atoms with Crippen molar-refractivity contribution in [2.75, 3.05) is 12.4 Å². The number of ether oxygens (including phenoxy) is 1. The highest BCUT2D eigenvalue weighted by molar-refractivity contribution is 7.17. The van der Waals surface area contributed by atoms with Crippen LogP contribution in [0, 0.1) is 11.3 Å². The van der Waals surface area contributed by atoms with Crippen molar-refractivity contribution in [1.29, 1.82) is 0 Å². The molecule has 5 heteroatoms. The largest absolute Gasteiger partial charge is 0.465 e. The van der Waals surface area contributed by atoms with Crippen molar-refractivity contribution in [3.63, 3.8) is 0 Å². The Hall–Kier alpha value is -2.14. The van der Waals surface area contributed by atoms with Crippen LogP contribution in [0.5, 0.6) is 0 Å². The summed E-state index contributed by atoms with van der Waals surface area (Å²) >= 11 is 1.55. The molecular weight excluding hydrogens is 382 g/mol. The summed E-state index contributed by atoms with van der Waals surface area (Å²) in [5.41, 5.74) is 3.10. The van der Waals surface area contributed by atoms with Gasteiger partial charge in [-0.05, 0) is 54.6 Å². The van der Waals surface area contributed by atoms with E-state index in [0.29, 0.717) is 22.9 Å². The second kappa shape index (κ2) is 9.12. The smallest absolute Gasteiger partial charge is 0.341 e. The predicted molar refractivity (Wildman–Crippen MR) is 119 cm³/mol. The van der Waals surface area contributed by atoms with Crippen molar-refractivity contribution < 1.29 is 14.3 Å². The zero-order valence-corrected chi connectivity index (χ0v) is 18.7. The number of thiophene rings is 1. The molecule has 1 aromatic heterocycles. The fraction of sp³-hybridized carbons (Fsp3) is 0.500. The number of anilines is 1. The van der Waals surface area contributed by atoms with Gasteiger partial charge in [0.05, 0.1) is 12.7 Å². The molecule has 1 aliphatic rings. The predicted octanol–water partition coefficient (Wildman–Crippen LogP) is 5.65. The molecule has 0 fully saturated rings. The lowest BCUT2D eigenvalue weighted by atomic mass is 9.72. The highest BCUT2D eigenvalue weighted by Gasteiger charge is 2.34. The molecule has 0 saturated carbocycles. The number of carbonyl (C=O) groups is 2. The number of carbonyl (C=O) groups excluding carboxylic acids is 2. The summed E-state index contributed by atoms with van der Waals surface area (Å²) in [5, 5.41) is 3.66.